The minimum Gasteiger partial charge on any atom is -0.494 e. The third-order valence-corrected chi connectivity index (χ3v) is 4.64. The highest BCUT2D eigenvalue weighted by atomic mass is 32.2. The smallest absolute Gasteiger partial charge is 0.265 e. The zero-order valence-corrected chi connectivity index (χ0v) is 13.0. The van der Waals surface area contributed by atoms with Crippen molar-refractivity contribution in [1.82, 2.24) is 10.2 Å². The number of hydrogen-bond donors (Lipinski definition) is 0. The molecule has 21 heavy (non-hydrogen) atoms. The molecular weight excluding hydrogens is 290 g/mol. The van der Waals surface area contributed by atoms with E-state index in [0.717, 1.165) is 10.00 Å². The highest BCUT2D eigenvalue weighted by molar-refractivity contribution is 7.92. The van der Waals surface area contributed by atoms with E-state index in [4.69, 9.17) is 4.74 Å². The Balaban J connectivity index is 2.36. The first kappa shape index (κ1) is 15.2. The molecule has 0 radical (unpaired) electrons. The maximum absolute atomic E-state index is 12.6. The van der Waals surface area contributed by atoms with Gasteiger partial charge in [-0.25, -0.2) is 8.42 Å². The van der Waals surface area contributed by atoms with E-state index < -0.39 is 10.0 Å². The first-order valence-corrected chi connectivity index (χ1v) is 7.91. The molecule has 0 aliphatic carbocycles. The summed E-state index contributed by atoms with van der Waals surface area (Å²) in [6.45, 7) is 4.11. The molecule has 0 unspecified atom stereocenters. The Morgan fingerprint density at radius 3 is 2.57 bits per heavy atom. The SMILES string of the molecule is CCOc1cccc(S(=O)(=O)N(C)c2ccc(C)nn2)c1. The van der Waals surface area contributed by atoms with Crippen LogP contribution in [-0.2, 0) is 10.0 Å². The quantitative estimate of drug-likeness (QED) is 0.845. The fourth-order valence-corrected chi connectivity index (χ4v) is 2.91. The number of nitrogens with zero attached hydrogens (tertiary/aromatic N) is 3. The van der Waals surface area contributed by atoms with Crippen LogP contribution in [0.5, 0.6) is 5.75 Å². The minimum atomic E-state index is -3.69. The molecule has 1 heterocycles. The predicted molar refractivity (Wildman–Crippen MR) is 80.0 cm³/mol. The number of hydrogen-bond acceptors (Lipinski definition) is 5. The second-order valence-corrected chi connectivity index (χ2v) is 6.38. The van der Waals surface area contributed by atoms with Crippen molar-refractivity contribution in [1.29, 1.82) is 0 Å². The summed E-state index contributed by atoms with van der Waals surface area (Å²) in [5.41, 5.74) is 0.725. The fourth-order valence-electron chi connectivity index (χ4n) is 1.73. The Labute approximate surface area is 124 Å². The third kappa shape index (κ3) is 3.30. The summed E-state index contributed by atoms with van der Waals surface area (Å²) >= 11 is 0. The fraction of sp³-hybridized carbons (Fsp3) is 0.286. The van der Waals surface area contributed by atoms with E-state index >= 15 is 0 Å². The summed E-state index contributed by atoms with van der Waals surface area (Å²) in [4.78, 5) is 0.151. The zero-order valence-electron chi connectivity index (χ0n) is 12.1. The lowest BCUT2D eigenvalue weighted by Crippen LogP contribution is -2.27. The molecule has 112 valence electrons. The molecule has 2 aromatic rings. The van der Waals surface area contributed by atoms with Crippen molar-refractivity contribution in [2.45, 2.75) is 18.7 Å². The summed E-state index contributed by atoms with van der Waals surface area (Å²) < 4.78 is 31.6. The van der Waals surface area contributed by atoms with Gasteiger partial charge in [-0.15, -0.1) is 5.10 Å². The Kier molecular flexibility index (Phi) is 4.42. The standard InChI is InChI=1S/C14H17N3O3S/c1-4-20-12-6-5-7-13(10-12)21(18,19)17(3)14-9-8-11(2)15-16-14/h5-10H,4H2,1-3H3. The van der Waals surface area contributed by atoms with Gasteiger partial charge in [0.1, 0.15) is 5.75 Å². The molecule has 1 aromatic heterocycles. The van der Waals surface area contributed by atoms with Gasteiger partial charge in [0.15, 0.2) is 5.82 Å². The molecular formula is C14H17N3O3S. The number of ether oxygens (including phenoxy) is 1. The predicted octanol–water partition coefficient (Wildman–Crippen LogP) is 2.01. The van der Waals surface area contributed by atoms with Crippen LogP contribution in [0.4, 0.5) is 5.82 Å². The normalized spacial score (nSPS) is 11.2. The molecule has 0 bridgehead atoms. The zero-order chi connectivity index (χ0) is 15.5. The van der Waals surface area contributed by atoms with Gasteiger partial charge in [0, 0.05) is 13.1 Å². The van der Waals surface area contributed by atoms with Crippen molar-refractivity contribution >= 4 is 15.8 Å². The number of sulfonamides is 1. The second kappa shape index (κ2) is 6.09. The summed E-state index contributed by atoms with van der Waals surface area (Å²) in [5.74, 6) is 0.782. The van der Waals surface area contributed by atoms with Crippen LogP contribution >= 0.6 is 0 Å². The van der Waals surface area contributed by atoms with Crippen molar-refractivity contribution < 1.29 is 13.2 Å². The van der Waals surface area contributed by atoms with E-state index in [1.165, 1.54) is 19.2 Å². The molecule has 6 nitrogen and oxygen atoms in total. The average Bonchev–Trinajstić information content (AvgIpc) is 2.48. The van der Waals surface area contributed by atoms with E-state index in [-0.39, 0.29) is 10.7 Å². The highest BCUT2D eigenvalue weighted by Gasteiger charge is 2.23. The van der Waals surface area contributed by atoms with Gasteiger partial charge < -0.3 is 4.74 Å². The van der Waals surface area contributed by atoms with Crippen LogP contribution in [0.3, 0.4) is 0 Å². The van der Waals surface area contributed by atoms with Gasteiger partial charge in [0.2, 0.25) is 0 Å². The van der Waals surface area contributed by atoms with Crippen molar-refractivity contribution in [2.75, 3.05) is 18.0 Å². The van der Waals surface area contributed by atoms with Crippen LogP contribution in [0.15, 0.2) is 41.3 Å². The van der Waals surface area contributed by atoms with Gasteiger partial charge in [-0.2, -0.15) is 5.10 Å². The molecule has 0 aliphatic heterocycles. The Morgan fingerprint density at radius 2 is 1.95 bits per heavy atom. The third-order valence-electron chi connectivity index (χ3n) is 2.88. The van der Waals surface area contributed by atoms with Gasteiger partial charge >= 0.3 is 0 Å². The van der Waals surface area contributed by atoms with Crippen molar-refractivity contribution in [3.05, 3.63) is 42.1 Å². The van der Waals surface area contributed by atoms with Gasteiger partial charge in [-0.05, 0) is 38.1 Å². The average molecular weight is 307 g/mol. The lowest BCUT2D eigenvalue weighted by molar-refractivity contribution is 0.339. The van der Waals surface area contributed by atoms with Crippen molar-refractivity contribution in [2.24, 2.45) is 0 Å². The van der Waals surface area contributed by atoms with Gasteiger partial charge in [0.25, 0.3) is 10.0 Å². The van der Waals surface area contributed by atoms with E-state index in [9.17, 15) is 8.42 Å². The molecule has 0 N–H and O–H groups in total. The van der Waals surface area contributed by atoms with E-state index in [0.29, 0.717) is 12.4 Å². The Hall–Kier alpha value is -2.15. The van der Waals surface area contributed by atoms with Crippen LogP contribution in [0.25, 0.3) is 0 Å². The first-order chi connectivity index (χ1) is 9.95. The molecule has 0 aliphatic rings. The number of aryl methyl sites for hydroxylation is 1. The summed E-state index contributed by atoms with van der Waals surface area (Å²) in [7, 11) is -2.25. The van der Waals surface area contributed by atoms with Crippen LogP contribution in [0.2, 0.25) is 0 Å². The van der Waals surface area contributed by atoms with E-state index in [2.05, 4.69) is 10.2 Å². The second-order valence-electron chi connectivity index (χ2n) is 4.41. The summed E-state index contributed by atoms with van der Waals surface area (Å²) in [6.07, 6.45) is 0. The lowest BCUT2D eigenvalue weighted by atomic mass is 10.3. The van der Waals surface area contributed by atoms with Gasteiger partial charge in [0.05, 0.1) is 17.2 Å². The number of anilines is 1. The van der Waals surface area contributed by atoms with Gasteiger partial charge in [-0.3, -0.25) is 4.31 Å². The largest absolute Gasteiger partial charge is 0.494 e. The number of benzene rings is 1. The Bertz CT molecular complexity index is 714. The van der Waals surface area contributed by atoms with Crippen LogP contribution in [-0.4, -0.2) is 32.3 Å². The molecule has 2 rings (SSSR count). The molecule has 0 fully saturated rings. The molecule has 0 spiro atoms. The molecule has 7 heteroatoms. The van der Waals surface area contributed by atoms with Crippen LogP contribution < -0.4 is 9.04 Å². The molecule has 0 saturated carbocycles. The van der Waals surface area contributed by atoms with Crippen molar-refractivity contribution in [3.63, 3.8) is 0 Å². The lowest BCUT2D eigenvalue weighted by Gasteiger charge is -2.18. The molecule has 0 saturated heterocycles. The minimum absolute atomic E-state index is 0.151. The highest BCUT2D eigenvalue weighted by Crippen LogP contribution is 2.23. The van der Waals surface area contributed by atoms with Crippen molar-refractivity contribution in [3.8, 4) is 5.75 Å². The van der Waals surface area contributed by atoms with E-state index in [1.807, 2.05) is 6.92 Å². The monoisotopic (exact) mass is 307 g/mol. The van der Waals surface area contributed by atoms with Crippen LogP contribution in [0, 0.1) is 6.92 Å². The van der Waals surface area contributed by atoms with Crippen LogP contribution in [0.1, 0.15) is 12.6 Å². The summed E-state index contributed by atoms with van der Waals surface area (Å²) in [5, 5.41) is 7.77. The maximum atomic E-state index is 12.6. The number of rotatable bonds is 5. The topological polar surface area (TPSA) is 72.4 Å². The van der Waals surface area contributed by atoms with Gasteiger partial charge in [-0.1, -0.05) is 6.07 Å². The first-order valence-electron chi connectivity index (χ1n) is 6.47. The van der Waals surface area contributed by atoms with E-state index in [1.54, 1.807) is 31.2 Å². The molecule has 0 atom stereocenters. The Morgan fingerprint density at radius 1 is 1.19 bits per heavy atom. The summed E-state index contributed by atoms with van der Waals surface area (Å²) in [6, 6.07) is 9.71. The molecule has 1 aromatic carbocycles. The number of aromatic nitrogens is 2. The maximum Gasteiger partial charge on any atom is 0.265 e. The molecule has 0 amide bonds.